The van der Waals surface area contributed by atoms with E-state index >= 15 is 0 Å². The normalized spacial score (nSPS) is 11.8. The molecule has 0 amide bonds. The van der Waals surface area contributed by atoms with Crippen LogP contribution < -0.4 is 4.72 Å². The number of rotatable bonds is 6. The van der Waals surface area contributed by atoms with Crippen LogP contribution in [-0.2, 0) is 21.0 Å². The highest BCUT2D eigenvalue weighted by Crippen LogP contribution is 2.32. The summed E-state index contributed by atoms with van der Waals surface area (Å²) in [6.45, 7) is 1.61. The third-order valence-corrected chi connectivity index (χ3v) is 5.65. The van der Waals surface area contributed by atoms with Crippen molar-refractivity contribution in [1.29, 1.82) is 0 Å². The van der Waals surface area contributed by atoms with Gasteiger partial charge in [-0.3, -0.25) is 9.52 Å². The smallest absolute Gasteiger partial charge is 0.416 e. The van der Waals surface area contributed by atoms with E-state index in [0.29, 0.717) is 11.4 Å². The van der Waals surface area contributed by atoms with Crippen molar-refractivity contribution in [3.63, 3.8) is 0 Å². The second-order valence-electron chi connectivity index (χ2n) is 6.78. The van der Waals surface area contributed by atoms with Crippen LogP contribution in [-0.4, -0.2) is 24.5 Å². The number of hydrogen-bond acceptors (Lipinski definition) is 5. The molecule has 0 saturated carbocycles. The van der Waals surface area contributed by atoms with Crippen LogP contribution in [0.1, 0.15) is 36.3 Å². The van der Waals surface area contributed by atoms with Gasteiger partial charge in [-0.1, -0.05) is 11.8 Å². The minimum atomic E-state index is -4.65. The monoisotopic (exact) mass is 466 g/mol. The van der Waals surface area contributed by atoms with Gasteiger partial charge in [0.15, 0.2) is 11.5 Å². The Bertz CT molecular complexity index is 1330. The number of nitrogens with zero attached hydrogens (tertiary/aromatic N) is 1. The Morgan fingerprint density at radius 1 is 1.22 bits per heavy atom. The number of oxazole rings is 1. The van der Waals surface area contributed by atoms with E-state index in [2.05, 4.69) is 21.5 Å². The molecule has 168 valence electrons. The van der Waals surface area contributed by atoms with E-state index < -0.39 is 27.7 Å². The Labute approximate surface area is 181 Å². The maximum atomic E-state index is 13.1. The predicted molar refractivity (Wildman–Crippen MR) is 109 cm³/mol. The number of aromatic nitrogens is 1. The number of sulfonamides is 1. The fraction of sp³-hybridized carbons (Fsp3) is 0.238. The second kappa shape index (κ2) is 8.92. The lowest BCUT2D eigenvalue weighted by molar-refractivity contribution is -0.138. The molecule has 0 fully saturated rings. The number of fused-ring (bicyclic) bond motifs is 1. The van der Waals surface area contributed by atoms with Crippen LogP contribution >= 0.6 is 0 Å². The molecule has 11 heteroatoms. The van der Waals surface area contributed by atoms with Gasteiger partial charge in [-0.2, -0.15) is 13.2 Å². The van der Waals surface area contributed by atoms with Crippen molar-refractivity contribution in [3.8, 4) is 11.8 Å². The molecule has 0 aliphatic carbocycles. The molecule has 3 rings (SSSR count). The number of alkyl halides is 3. The molecular weight excluding hydrogens is 449 g/mol. The first kappa shape index (κ1) is 23.1. The Morgan fingerprint density at radius 3 is 2.66 bits per heavy atom. The van der Waals surface area contributed by atoms with Crippen LogP contribution in [0, 0.1) is 18.8 Å². The molecule has 32 heavy (non-hydrogen) atoms. The number of hydrogen-bond donors (Lipinski definition) is 2. The summed E-state index contributed by atoms with van der Waals surface area (Å²) in [6.07, 6.45) is -4.46. The first-order valence-electron chi connectivity index (χ1n) is 9.27. The van der Waals surface area contributed by atoms with Crippen LogP contribution in [0.3, 0.4) is 0 Å². The number of benzene rings is 2. The van der Waals surface area contributed by atoms with Gasteiger partial charge in [-0.05, 0) is 36.8 Å². The lowest BCUT2D eigenvalue weighted by Crippen LogP contribution is -2.14. The number of carboxylic acid groups (broad SMARTS) is 1. The molecule has 2 aromatic carbocycles. The predicted octanol–water partition coefficient (Wildman–Crippen LogP) is 4.56. The molecule has 0 unspecified atom stereocenters. The summed E-state index contributed by atoms with van der Waals surface area (Å²) in [5.41, 5.74) is -0.609. The molecular formula is C21H17F3N2O5S. The van der Waals surface area contributed by atoms with E-state index in [9.17, 15) is 26.4 Å². The maximum absolute atomic E-state index is 13.1. The van der Waals surface area contributed by atoms with Crippen molar-refractivity contribution in [2.24, 2.45) is 0 Å². The standard InChI is InChI=1S/C21H17F3N2O5S/c1-13-25-18-10-8-16(12-19(18)31-13)32(29,30)26-17-9-7-15(21(22,23)24)11-14(17)5-3-2-4-6-20(27)28/h7-12,26H,2,4,6H2,1H3,(H,27,28). The fourth-order valence-electron chi connectivity index (χ4n) is 2.79. The number of anilines is 1. The lowest BCUT2D eigenvalue weighted by Gasteiger charge is -2.13. The molecule has 0 atom stereocenters. The second-order valence-corrected chi connectivity index (χ2v) is 8.46. The SMILES string of the molecule is Cc1nc2ccc(S(=O)(=O)Nc3ccc(C(F)(F)F)cc3C#CCCCC(=O)O)cc2o1. The zero-order valence-corrected chi connectivity index (χ0v) is 17.5. The molecule has 0 radical (unpaired) electrons. The summed E-state index contributed by atoms with van der Waals surface area (Å²) in [5, 5.41) is 8.64. The number of aryl methyl sites for hydroxylation is 1. The minimum Gasteiger partial charge on any atom is -0.481 e. The first-order valence-corrected chi connectivity index (χ1v) is 10.8. The average molecular weight is 466 g/mol. The quantitative estimate of drug-likeness (QED) is 0.407. The average Bonchev–Trinajstić information content (AvgIpc) is 3.06. The number of aliphatic carboxylic acids is 1. The Balaban J connectivity index is 1.93. The van der Waals surface area contributed by atoms with E-state index in [4.69, 9.17) is 9.52 Å². The minimum absolute atomic E-state index is 0.121. The van der Waals surface area contributed by atoms with Crippen molar-refractivity contribution in [2.45, 2.75) is 37.3 Å². The van der Waals surface area contributed by atoms with Crippen molar-refractivity contribution >= 4 is 32.8 Å². The number of nitrogens with one attached hydrogen (secondary N) is 1. The van der Waals surface area contributed by atoms with Gasteiger partial charge < -0.3 is 9.52 Å². The van der Waals surface area contributed by atoms with E-state index in [-0.39, 0.29) is 41.0 Å². The molecule has 0 aliphatic heterocycles. The van der Waals surface area contributed by atoms with Crippen LogP contribution in [0.25, 0.3) is 11.1 Å². The Kier molecular flexibility index (Phi) is 6.45. The zero-order chi connectivity index (χ0) is 23.5. The van der Waals surface area contributed by atoms with E-state index in [1.165, 1.54) is 18.2 Å². The largest absolute Gasteiger partial charge is 0.481 e. The van der Waals surface area contributed by atoms with Crippen LogP contribution in [0.4, 0.5) is 18.9 Å². The highest BCUT2D eigenvalue weighted by Gasteiger charge is 2.31. The van der Waals surface area contributed by atoms with Gasteiger partial charge in [0.2, 0.25) is 0 Å². The molecule has 0 bridgehead atoms. The molecule has 0 saturated heterocycles. The van der Waals surface area contributed by atoms with E-state index in [1.54, 1.807) is 6.92 Å². The highest BCUT2D eigenvalue weighted by atomic mass is 32.2. The van der Waals surface area contributed by atoms with Gasteiger partial charge in [0.05, 0.1) is 16.1 Å². The number of unbranched alkanes of at least 4 members (excludes halogenated alkanes) is 1. The number of carboxylic acids is 1. The summed E-state index contributed by atoms with van der Waals surface area (Å²) in [6, 6.07) is 6.49. The van der Waals surface area contributed by atoms with Gasteiger partial charge in [-0.25, -0.2) is 13.4 Å². The maximum Gasteiger partial charge on any atom is 0.416 e. The third kappa shape index (κ3) is 5.59. The Hall–Kier alpha value is -3.52. The van der Waals surface area contributed by atoms with Gasteiger partial charge >= 0.3 is 12.1 Å². The molecule has 2 N–H and O–H groups in total. The summed E-state index contributed by atoms with van der Waals surface area (Å²) in [4.78, 5) is 14.5. The summed E-state index contributed by atoms with van der Waals surface area (Å²) >= 11 is 0. The number of carbonyl (C=O) groups is 1. The molecule has 1 aromatic heterocycles. The van der Waals surface area contributed by atoms with E-state index in [1.807, 2.05) is 0 Å². The fourth-order valence-corrected chi connectivity index (χ4v) is 3.88. The zero-order valence-electron chi connectivity index (χ0n) is 16.7. The van der Waals surface area contributed by atoms with Gasteiger partial charge in [-0.15, -0.1) is 0 Å². The molecule has 1 heterocycles. The molecule has 3 aromatic rings. The summed E-state index contributed by atoms with van der Waals surface area (Å²) in [7, 11) is -4.18. The lowest BCUT2D eigenvalue weighted by atomic mass is 10.1. The van der Waals surface area contributed by atoms with Gasteiger partial charge in [0, 0.05) is 31.4 Å². The van der Waals surface area contributed by atoms with E-state index in [0.717, 1.165) is 18.2 Å². The summed E-state index contributed by atoms with van der Waals surface area (Å²) in [5.74, 6) is 4.43. The van der Waals surface area contributed by atoms with Crippen LogP contribution in [0.5, 0.6) is 0 Å². The van der Waals surface area contributed by atoms with Gasteiger partial charge in [0.25, 0.3) is 10.0 Å². The number of halogens is 3. The molecule has 0 spiro atoms. The molecule has 0 aliphatic rings. The van der Waals surface area contributed by atoms with Crippen LogP contribution in [0.15, 0.2) is 45.7 Å². The molecule has 7 nitrogen and oxygen atoms in total. The first-order chi connectivity index (χ1) is 15.0. The Morgan fingerprint density at radius 2 is 1.97 bits per heavy atom. The van der Waals surface area contributed by atoms with Gasteiger partial charge in [0.1, 0.15) is 5.52 Å². The van der Waals surface area contributed by atoms with Crippen molar-refractivity contribution < 1.29 is 35.9 Å². The summed E-state index contributed by atoms with van der Waals surface area (Å²) < 4.78 is 72.6. The topological polar surface area (TPSA) is 110 Å². The van der Waals surface area contributed by atoms with Crippen molar-refractivity contribution in [3.05, 3.63) is 53.4 Å². The van der Waals surface area contributed by atoms with Crippen molar-refractivity contribution in [2.75, 3.05) is 4.72 Å². The highest BCUT2D eigenvalue weighted by molar-refractivity contribution is 7.92. The third-order valence-electron chi connectivity index (χ3n) is 4.28. The van der Waals surface area contributed by atoms with Crippen molar-refractivity contribution in [1.82, 2.24) is 4.98 Å². The van der Waals surface area contributed by atoms with Crippen LogP contribution in [0.2, 0.25) is 0 Å².